The van der Waals surface area contributed by atoms with Gasteiger partial charge in [-0.05, 0) is 59.2 Å². The number of nitrogens with one attached hydrogen (secondary N) is 1. The Labute approximate surface area is 219 Å². The van der Waals surface area contributed by atoms with Gasteiger partial charge in [0.2, 0.25) is 5.91 Å². The number of hydrogen-bond acceptors (Lipinski definition) is 2. The maximum atomic E-state index is 13.5. The largest absolute Gasteiger partial charge is 0.352 e. The van der Waals surface area contributed by atoms with E-state index in [1.54, 1.807) is 35.2 Å². The van der Waals surface area contributed by atoms with E-state index in [0.29, 0.717) is 29.4 Å². The van der Waals surface area contributed by atoms with Crippen molar-refractivity contribution in [3.8, 4) is 0 Å². The number of amides is 2. The van der Waals surface area contributed by atoms with Crippen molar-refractivity contribution in [3.63, 3.8) is 0 Å². The lowest BCUT2D eigenvalue weighted by molar-refractivity contribution is -0.120. The highest BCUT2D eigenvalue weighted by Gasteiger charge is 2.21. The first-order valence-corrected chi connectivity index (χ1v) is 12.1. The molecule has 182 valence electrons. The molecule has 0 heterocycles. The molecule has 0 fully saturated rings. The molecule has 0 spiro atoms. The van der Waals surface area contributed by atoms with E-state index in [0.717, 1.165) is 16.7 Å². The van der Waals surface area contributed by atoms with Crippen LogP contribution in [0.2, 0.25) is 10.0 Å². The monoisotopic (exact) mass is 520 g/mol. The molecule has 0 bridgehead atoms. The van der Waals surface area contributed by atoms with Crippen LogP contribution in [0.25, 0.3) is 0 Å². The molecule has 0 aliphatic carbocycles. The minimum absolute atomic E-state index is 0.155. The first-order valence-electron chi connectivity index (χ1n) is 11.3. The van der Waals surface area contributed by atoms with Crippen molar-refractivity contribution in [3.05, 3.63) is 135 Å². The van der Waals surface area contributed by atoms with Crippen molar-refractivity contribution in [2.24, 2.45) is 0 Å². The second-order valence-corrected chi connectivity index (χ2v) is 9.09. The van der Waals surface area contributed by atoms with Gasteiger partial charge in [-0.2, -0.15) is 0 Å². The van der Waals surface area contributed by atoms with Gasteiger partial charge in [-0.3, -0.25) is 9.59 Å². The molecular weight excluding hydrogens is 498 g/mol. The van der Waals surface area contributed by atoms with E-state index in [1.165, 1.54) is 12.1 Å². The Kier molecular flexibility index (Phi) is 8.36. The van der Waals surface area contributed by atoms with E-state index in [1.807, 2.05) is 54.6 Å². The van der Waals surface area contributed by atoms with Crippen molar-refractivity contribution < 1.29 is 14.0 Å². The quantitative estimate of drug-likeness (QED) is 0.276. The van der Waals surface area contributed by atoms with Gasteiger partial charge in [-0.15, -0.1) is 0 Å². The molecule has 2 amide bonds. The van der Waals surface area contributed by atoms with Gasteiger partial charge in [-0.1, -0.05) is 77.8 Å². The zero-order valence-electron chi connectivity index (χ0n) is 19.3. The van der Waals surface area contributed by atoms with E-state index in [4.69, 9.17) is 23.2 Å². The number of halogens is 3. The maximum absolute atomic E-state index is 13.5. The van der Waals surface area contributed by atoms with Crippen LogP contribution in [0.5, 0.6) is 0 Å². The number of nitrogens with zero attached hydrogens (tertiary/aromatic N) is 1. The summed E-state index contributed by atoms with van der Waals surface area (Å²) in [6.45, 7) is 0.661. The molecule has 0 aliphatic rings. The van der Waals surface area contributed by atoms with Gasteiger partial charge >= 0.3 is 0 Å². The van der Waals surface area contributed by atoms with Crippen LogP contribution in [0.1, 0.15) is 27.0 Å². The number of hydrogen-bond donors (Lipinski definition) is 1. The van der Waals surface area contributed by atoms with E-state index in [2.05, 4.69) is 5.32 Å². The summed E-state index contributed by atoms with van der Waals surface area (Å²) in [5.41, 5.74) is 3.59. The lowest BCUT2D eigenvalue weighted by Crippen LogP contribution is -2.30. The third kappa shape index (κ3) is 6.72. The first-order chi connectivity index (χ1) is 17.4. The minimum atomic E-state index is -0.316. The highest BCUT2D eigenvalue weighted by atomic mass is 35.5. The molecule has 0 saturated carbocycles. The van der Waals surface area contributed by atoms with E-state index < -0.39 is 0 Å². The van der Waals surface area contributed by atoms with Gasteiger partial charge in [-0.25, -0.2) is 4.39 Å². The second kappa shape index (κ2) is 11.8. The topological polar surface area (TPSA) is 49.4 Å². The Morgan fingerprint density at radius 2 is 1.44 bits per heavy atom. The summed E-state index contributed by atoms with van der Waals surface area (Å²) in [4.78, 5) is 27.5. The molecule has 7 heteroatoms. The summed E-state index contributed by atoms with van der Waals surface area (Å²) in [5.74, 6) is -0.731. The SMILES string of the molecule is O=C(Cc1ccc(N(Cc2ccccc2)C(=O)c2ccc(Cl)cc2Cl)cc1)NCc1ccc(F)cc1. The fraction of sp³-hybridized carbons (Fsp3) is 0.103. The maximum Gasteiger partial charge on any atom is 0.260 e. The highest BCUT2D eigenvalue weighted by molar-refractivity contribution is 6.37. The molecule has 36 heavy (non-hydrogen) atoms. The molecule has 0 atom stereocenters. The van der Waals surface area contributed by atoms with Crippen molar-refractivity contribution >= 4 is 40.7 Å². The smallest absolute Gasteiger partial charge is 0.260 e. The second-order valence-electron chi connectivity index (χ2n) is 8.25. The molecule has 4 aromatic carbocycles. The predicted octanol–water partition coefficient (Wildman–Crippen LogP) is 6.84. The first kappa shape index (κ1) is 25.4. The van der Waals surface area contributed by atoms with Gasteiger partial charge in [0.1, 0.15) is 5.82 Å². The number of benzene rings is 4. The molecule has 0 unspecified atom stereocenters. The number of carbonyl (C=O) groups is 2. The summed E-state index contributed by atoms with van der Waals surface area (Å²) in [7, 11) is 0. The Bertz CT molecular complexity index is 1340. The van der Waals surface area contributed by atoms with E-state index >= 15 is 0 Å². The predicted molar refractivity (Wildman–Crippen MR) is 142 cm³/mol. The van der Waals surface area contributed by atoms with Crippen LogP contribution in [0.15, 0.2) is 97.1 Å². The zero-order valence-corrected chi connectivity index (χ0v) is 20.8. The summed E-state index contributed by atoms with van der Waals surface area (Å²) in [6, 6.07) is 27.7. The highest BCUT2D eigenvalue weighted by Crippen LogP contribution is 2.26. The minimum Gasteiger partial charge on any atom is -0.352 e. The molecule has 4 rings (SSSR count). The standard InChI is InChI=1S/C29H23Cl2FN2O2/c30-23-10-15-26(27(31)17-23)29(36)34(19-22-4-2-1-3-5-22)25-13-8-20(9-14-25)16-28(35)33-18-21-6-11-24(32)12-7-21/h1-15,17H,16,18-19H2,(H,33,35). The average Bonchev–Trinajstić information content (AvgIpc) is 2.88. The third-order valence-corrected chi connectivity index (χ3v) is 6.15. The Hall–Kier alpha value is -3.67. The Balaban J connectivity index is 1.49. The molecule has 0 radical (unpaired) electrons. The van der Waals surface area contributed by atoms with E-state index in [-0.39, 0.29) is 29.1 Å². The Morgan fingerprint density at radius 1 is 0.778 bits per heavy atom. The van der Waals surface area contributed by atoms with Crippen LogP contribution in [0, 0.1) is 5.82 Å². The van der Waals surface area contributed by atoms with Crippen LogP contribution in [-0.2, 0) is 24.3 Å². The summed E-state index contributed by atoms with van der Waals surface area (Å²) < 4.78 is 13.0. The van der Waals surface area contributed by atoms with E-state index in [9.17, 15) is 14.0 Å². The van der Waals surface area contributed by atoms with Crippen LogP contribution in [0.3, 0.4) is 0 Å². The summed E-state index contributed by atoms with van der Waals surface area (Å²) in [5, 5.41) is 3.57. The lowest BCUT2D eigenvalue weighted by Gasteiger charge is -2.24. The number of anilines is 1. The molecule has 4 aromatic rings. The molecule has 4 nitrogen and oxygen atoms in total. The molecule has 0 saturated heterocycles. The van der Waals surface area contributed by atoms with Gasteiger partial charge in [0.25, 0.3) is 5.91 Å². The number of rotatable bonds is 8. The average molecular weight is 521 g/mol. The molecular formula is C29H23Cl2FN2O2. The lowest BCUT2D eigenvalue weighted by atomic mass is 10.1. The zero-order chi connectivity index (χ0) is 25.5. The fourth-order valence-corrected chi connectivity index (χ4v) is 4.19. The fourth-order valence-electron chi connectivity index (χ4n) is 3.70. The van der Waals surface area contributed by atoms with Crippen molar-refractivity contribution in [1.82, 2.24) is 5.32 Å². The van der Waals surface area contributed by atoms with Gasteiger partial charge in [0, 0.05) is 17.3 Å². The summed E-state index contributed by atoms with van der Waals surface area (Å²) in [6.07, 6.45) is 0.178. The summed E-state index contributed by atoms with van der Waals surface area (Å²) >= 11 is 12.3. The van der Waals surface area contributed by atoms with Crippen molar-refractivity contribution in [1.29, 1.82) is 0 Å². The van der Waals surface area contributed by atoms with Crippen molar-refractivity contribution in [2.45, 2.75) is 19.5 Å². The number of carbonyl (C=O) groups excluding carboxylic acids is 2. The molecule has 0 aliphatic heterocycles. The van der Waals surface area contributed by atoms with Crippen LogP contribution >= 0.6 is 23.2 Å². The van der Waals surface area contributed by atoms with Gasteiger partial charge < -0.3 is 10.2 Å². The molecule has 1 N–H and O–H groups in total. The third-order valence-electron chi connectivity index (χ3n) is 5.61. The van der Waals surface area contributed by atoms with Gasteiger partial charge in [0.15, 0.2) is 0 Å². The van der Waals surface area contributed by atoms with Crippen LogP contribution < -0.4 is 10.2 Å². The normalized spacial score (nSPS) is 10.6. The molecule has 0 aromatic heterocycles. The van der Waals surface area contributed by atoms with Gasteiger partial charge in [0.05, 0.1) is 23.6 Å². The van der Waals surface area contributed by atoms with Crippen LogP contribution in [-0.4, -0.2) is 11.8 Å². The van der Waals surface area contributed by atoms with Crippen LogP contribution in [0.4, 0.5) is 10.1 Å². The Morgan fingerprint density at radius 3 is 2.11 bits per heavy atom. The van der Waals surface area contributed by atoms with Crippen molar-refractivity contribution in [2.75, 3.05) is 4.90 Å².